The van der Waals surface area contributed by atoms with Crippen LogP contribution in [0.5, 0.6) is 5.75 Å². The number of ether oxygens (including phenoxy) is 1. The zero-order chi connectivity index (χ0) is 16.2. The van der Waals surface area contributed by atoms with Gasteiger partial charge in [0.1, 0.15) is 5.75 Å². The molecule has 5 heteroatoms. The van der Waals surface area contributed by atoms with Gasteiger partial charge in [-0.15, -0.1) is 0 Å². The van der Waals surface area contributed by atoms with Crippen LogP contribution >= 0.6 is 0 Å². The molecule has 1 heterocycles. The Morgan fingerprint density at radius 2 is 1.82 bits per heavy atom. The molecule has 0 atom stereocenters. The lowest BCUT2D eigenvalue weighted by Crippen LogP contribution is -2.49. The third-order valence-electron chi connectivity index (χ3n) is 3.86. The van der Waals surface area contributed by atoms with Crippen LogP contribution in [0.15, 0.2) is 24.3 Å². The minimum atomic E-state index is -0.0331. The fourth-order valence-corrected chi connectivity index (χ4v) is 2.52. The van der Waals surface area contributed by atoms with Gasteiger partial charge in [-0.2, -0.15) is 0 Å². The van der Waals surface area contributed by atoms with E-state index >= 15 is 0 Å². The standard InChI is InChI=1S/C17H24N2O3/c1-17(2,3)14-6-4-5-7-15(14)22-12-16(21)19-10-8-18(13-20)9-11-19/h4-7,13H,8-12H2,1-3H3. The molecule has 0 radical (unpaired) electrons. The smallest absolute Gasteiger partial charge is 0.260 e. The summed E-state index contributed by atoms with van der Waals surface area (Å²) in [4.78, 5) is 26.3. The van der Waals surface area contributed by atoms with Gasteiger partial charge in [0.2, 0.25) is 6.41 Å². The van der Waals surface area contributed by atoms with Gasteiger partial charge in [0.25, 0.3) is 5.91 Å². The van der Waals surface area contributed by atoms with E-state index in [1.165, 1.54) is 0 Å². The number of hydrogen-bond donors (Lipinski definition) is 0. The van der Waals surface area contributed by atoms with Gasteiger partial charge in [0, 0.05) is 26.2 Å². The first-order valence-electron chi connectivity index (χ1n) is 7.61. The minimum absolute atomic E-state index is 0.0325. The number of piperazine rings is 1. The number of carbonyl (C=O) groups excluding carboxylic acids is 2. The third kappa shape index (κ3) is 4.00. The molecule has 0 bridgehead atoms. The van der Waals surface area contributed by atoms with Crippen LogP contribution in [0.1, 0.15) is 26.3 Å². The molecule has 0 aromatic heterocycles. The van der Waals surface area contributed by atoms with Crippen LogP contribution in [0.4, 0.5) is 0 Å². The number of carbonyl (C=O) groups is 2. The van der Waals surface area contributed by atoms with Crippen molar-refractivity contribution >= 4 is 12.3 Å². The fraction of sp³-hybridized carbons (Fsp3) is 0.529. The van der Waals surface area contributed by atoms with Gasteiger partial charge in [0.05, 0.1) is 0 Å². The number of rotatable bonds is 4. The summed E-state index contributed by atoms with van der Waals surface area (Å²) in [5, 5.41) is 0. The van der Waals surface area contributed by atoms with Crippen LogP contribution in [0, 0.1) is 0 Å². The second-order valence-electron chi connectivity index (χ2n) is 6.56. The van der Waals surface area contributed by atoms with E-state index < -0.39 is 0 Å². The van der Waals surface area contributed by atoms with Crippen molar-refractivity contribution in [2.75, 3.05) is 32.8 Å². The molecule has 0 N–H and O–H groups in total. The first-order chi connectivity index (χ1) is 10.4. The van der Waals surface area contributed by atoms with E-state index in [0.717, 1.165) is 17.7 Å². The molecule has 5 nitrogen and oxygen atoms in total. The number of benzene rings is 1. The largest absolute Gasteiger partial charge is 0.483 e. The SMILES string of the molecule is CC(C)(C)c1ccccc1OCC(=O)N1CCN(C=O)CC1. The topological polar surface area (TPSA) is 49.9 Å². The quantitative estimate of drug-likeness (QED) is 0.795. The lowest BCUT2D eigenvalue weighted by molar-refractivity contribution is -0.137. The van der Waals surface area contributed by atoms with Crippen LogP contribution in [-0.2, 0) is 15.0 Å². The van der Waals surface area contributed by atoms with Crippen LogP contribution in [0.2, 0.25) is 0 Å². The van der Waals surface area contributed by atoms with Crippen molar-refractivity contribution in [2.45, 2.75) is 26.2 Å². The Morgan fingerprint density at radius 1 is 1.18 bits per heavy atom. The summed E-state index contributed by atoms with van der Waals surface area (Å²) in [6.45, 7) is 8.72. The maximum Gasteiger partial charge on any atom is 0.260 e. The van der Waals surface area contributed by atoms with Crippen LogP contribution in [0.25, 0.3) is 0 Å². The van der Waals surface area contributed by atoms with E-state index in [1.54, 1.807) is 9.80 Å². The van der Waals surface area contributed by atoms with Crippen LogP contribution in [0.3, 0.4) is 0 Å². The highest BCUT2D eigenvalue weighted by atomic mass is 16.5. The molecule has 2 rings (SSSR count). The maximum absolute atomic E-state index is 12.2. The highest BCUT2D eigenvalue weighted by molar-refractivity contribution is 5.78. The Labute approximate surface area is 131 Å². The van der Waals surface area contributed by atoms with Gasteiger partial charge in [-0.05, 0) is 17.0 Å². The van der Waals surface area contributed by atoms with E-state index in [1.807, 2.05) is 24.3 Å². The number of para-hydroxylation sites is 1. The summed E-state index contributed by atoms with van der Waals surface area (Å²) in [5.41, 5.74) is 1.06. The highest BCUT2D eigenvalue weighted by Crippen LogP contribution is 2.30. The van der Waals surface area contributed by atoms with Crippen molar-refractivity contribution in [1.29, 1.82) is 0 Å². The molecule has 1 aromatic carbocycles. The van der Waals surface area contributed by atoms with E-state index in [9.17, 15) is 9.59 Å². The van der Waals surface area contributed by atoms with Gasteiger partial charge >= 0.3 is 0 Å². The molecule has 1 aliphatic heterocycles. The first kappa shape index (κ1) is 16.3. The zero-order valence-electron chi connectivity index (χ0n) is 13.5. The molecule has 22 heavy (non-hydrogen) atoms. The van der Waals surface area contributed by atoms with Gasteiger partial charge < -0.3 is 14.5 Å². The van der Waals surface area contributed by atoms with Crippen molar-refractivity contribution in [1.82, 2.24) is 9.80 Å². The van der Waals surface area contributed by atoms with Gasteiger partial charge in [0.15, 0.2) is 6.61 Å². The van der Waals surface area contributed by atoms with Crippen LogP contribution < -0.4 is 4.74 Å². The Bertz CT molecular complexity index is 529. The Morgan fingerprint density at radius 3 is 2.41 bits per heavy atom. The number of amides is 2. The van der Waals surface area contributed by atoms with E-state index in [-0.39, 0.29) is 17.9 Å². The Hall–Kier alpha value is -2.04. The molecule has 0 aliphatic carbocycles. The summed E-state index contributed by atoms with van der Waals surface area (Å²) in [7, 11) is 0. The molecule has 2 amide bonds. The molecule has 0 spiro atoms. The summed E-state index contributed by atoms with van der Waals surface area (Å²) in [5.74, 6) is 0.726. The van der Waals surface area contributed by atoms with E-state index in [2.05, 4.69) is 20.8 Å². The van der Waals surface area contributed by atoms with Crippen molar-refractivity contribution in [2.24, 2.45) is 0 Å². The van der Waals surface area contributed by atoms with Gasteiger partial charge in [-0.1, -0.05) is 39.0 Å². The second-order valence-corrected chi connectivity index (χ2v) is 6.56. The molecule has 120 valence electrons. The second kappa shape index (κ2) is 6.81. The molecule has 1 saturated heterocycles. The zero-order valence-corrected chi connectivity index (χ0v) is 13.5. The monoisotopic (exact) mass is 304 g/mol. The molecule has 0 saturated carbocycles. The Balaban J connectivity index is 1.94. The highest BCUT2D eigenvalue weighted by Gasteiger charge is 2.22. The van der Waals surface area contributed by atoms with Crippen LogP contribution in [-0.4, -0.2) is 54.9 Å². The fourth-order valence-electron chi connectivity index (χ4n) is 2.52. The maximum atomic E-state index is 12.2. The predicted octanol–water partition coefficient (Wildman–Crippen LogP) is 1.66. The first-order valence-corrected chi connectivity index (χ1v) is 7.61. The third-order valence-corrected chi connectivity index (χ3v) is 3.86. The van der Waals surface area contributed by atoms with Gasteiger partial charge in [-0.25, -0.2) is 0 Å². The van der Waals surface area contributed by atoms with Crippen molar-refractivity contribution in [3.63, 3.8) is 0 Å². The average Bonchev–Trinajstić information content (AvgIpc) is 2.52. The Kier molecular flexibility index (Phi) is 5.06. The van der Waals surface area contributed by atoms with E-state index in [0.29, 0.717) is 26.2 Å². The summed E-state index contributed by atoms with van der Waals surface area (Å²) >= 11 is 0. The normalized spacial score (nSPS) is 15.6. The molecule has 0 unspecified atom stereocenters. The molecular formula is C17H24N2O3. The van der Waals surface area contributed by atoms with E-state index in [4.69, 9.17) is 4.74 Å². The van der Waals surface area contributed by atoms with Crippen molar-refractivity contribution < 1.29 is 14.3 Å². The average molecular weight is 304 g/mol. The molecule has 1 fully saturated rings. The number of hydrogen-bond acceptors (Lipinski definition) is 3. The molecule has 1 aliphatic rings. The lowest BCUT2D eigenvalue weighted by atomic mass is 9.86. The predicted molar refractivity (Wildman–Crippen MR) is 84.9 cm³/mol. The number of nitrogens with zero attached hydrogens (tertiary/aromatic N) is 2. The molecule has 1 aromatic rings. The minimum Gasteiger partial charge on any atom is -0.483 e. The summed E-state index contributed by atoms with van der Waals surface area (Å²) in [6.07, 6.45) is 0.831. The summed E-state index contributed by atoms with van der Waals surface area (Å²) < 4.78 is 5.76. The van der Waals surface area contributed by atoms with Gasteiger partial charge in [-0.3, -0.25) is 9.59 Å². The summed E-state index contributed by atoms with van der Waals surface area (Å²) in [6, 6.07) is 7.83. The van der Waals surface area contributed by atoms with Crippen molar-refractivity contribution in [3.8, 4) is 5.75 Å². The molecular weight excluding hydrogens is 280 g/mol. The lowest BCUT2D eigenvalue weighted by Gasteiger charge is -2.32. The van der Waals surface area contributed by atoms with Crippen molar-refractivity contribution in [3.05, 3.63) is 29.8 Å².